The molecular formula is C15H30N2O. The molecule has 2 N–H and O–H groups in total. The van der Waals surface area contributed by atoms with Gasteiger partial charge in [-0.1, -0.05) is 13.8 Å². The maximum absolute atomic E-state index is 6.02. The lowest BCUT2D eigenvalue weighted by Crippen LogP contribution is -2.49. The largest absolute Gasteiger partial charge is 0.381 e. The smallest absolute Gasteiger partial charge is 0.0546 e. The molecule has 2 rings (SSSR count). The SMILES string of the molecule is CC(C)C1CCN(CC2(CN)CCCOC2)CC1. The molecule has 0 radical (unpaired) electrons. The van der Waals surface area contributed by atoms with Gasteiger partial charge in [0.25, 0.3) is 0 Å². The van der Waals surface area contributed by atoms with Crippen molar-refractivity contribution >= 4 is 0 Å². The molecular weight excluding hydrogens is 224 g/mol. The first-order valence-corrected chi connectivity index (χ1v) is 7.65. The molecule has 2 fully saturated rings. The molecule has 0 saturated carbocycles. The lowest BCUT2D eigenvalue weighted by atomic mass is 9.80. The molecule has 106 valence electrons. The molecule has 0 spiro atoms. The van der Waals surface area contributed by atoms with Gasteiger partial charge in [0.15, 0.2) is 0 Å². The normalized spacial score (nSPS) is 32.0. The van der Waals surface area contributed by atoms with Crippen molar-refractivity contribution in [3.63, 3.8) is 0 Å². The molecule has 1 atom stereocenters. The molecule has 0 aromatic heterocycles. The number of nitrogens with two attached hydrogens (primary N) is 1. The van der Waals surface area contributed by atoms with E-state index in [2.05, 4.69) is 18.7 Å². The summed E-state index contributed by atoms with van der Waals surface area (Å²) in [5.41, 5.74) is 6.26. The fourth-order valence-corrected chi connectivity index (χ4v) is 3.51. The van der Waals surface area contributed by atoms with Gasteiger partial charge in [-0.05, 0) is 50.6 Å². The summed E-state index contributed by atoms with van der Waals surface area (Å²) in [7, 11) is 0. The number of piperidine rings is 1. The van der Waals surface area contributed by atoms with E-state index in [9.17, 15) is 0 Å². The highest BCUT2D eigenvalue weighted by Crippen LogP contribution is 2.31. The maximum atomic E-state index is 6.02. The van der Waals surface area contributed by atoms with Gasteiger partial charge in [-0.2, -0.15) is 0 Å². The van der Waals surface area contributed by atoms with Gasteiger partial charge in [0.2, 0.25) is 0 Å². The topological polar surface area (TPSA) is 38.5 Å². The zero-order valence-electron chi connectivity index (χ0n) is 12.2. The molecule has 2 aliphatic rings. The van der Waals surface area contributed by atoms with Crippen molar-refractivity contribution in [2.75, 3.05) is 39.4 Å². The fraction of sp³-hybridized carbons (Fsp3) is 1.00. The number of rotatable bonds is 4. The summed E-state index contributed by atoms with van der Waals surface area (Å²) in [6, 6.07) is 0. The molecule has 3 nitrogen and oxygen atoms in total. The van der Waals surface area contributed by atoms with E-state index in [4.69, 9.17) is 10.5 Å². The Morgan fingerprint density at radius 1 is 1.33 bits per heavy atom. The molecule has 0 amide bonds. The zero-order valence-corrected chi connectivity index (χ0v) is 12.2. The second-order valence-corrected chi connectivity index (χ2v) is 6.72. The van der Waals surface area contributed by atoms with Crippen LogP contribution in [-0.4, -0.2) is 44.3 Å². The maximum Gasteiger partial charge on any atom is 0.0546 e. The summed E-state index contributed by atoms with van der Waals surface area (Å²) in [5, 5.41) is 0. The van der Waals surface area contributed by atoms with E-state index in [0.29, 0.717) is 0 Å². The predicted molar refractivity (Wildman–Crippen MR) is 75.5 cm³/mol. The minimum atomic E-state index is 0.239. The van der Waals surface area contributed by atoms with Crippen LogP contribution in [0.1, 0.15) is 39.5 Å². The summed E-state index contributed by atoms with van der Waals surface area (Å²) < 4.78 is 5.67. The van der Waals surface area contributed by atoms with Crippen LogP contribution in [0.3, 0.4) is 0 Å². The minimum absolute atomic E-state index is 0.239. The fourth-order valence-electron chi connectivity index (χ4n) is 3.51. The van der Waals surface area contributed by atoms with Gasteiger partial charge in [0.1, 0.15) is 0 Å². The Labute approximate surface area is 112 Å². The van der Waals surface area contributed by atoms with Crippen LogP contribution in [0.4, 0.5) is 0 Å². The average molecular weight is 254 g/mol. The van der Waals surface area contributed by atoms with Crippen LogP contribution >= 0.6 is 0 Å². The molecule has 0 bridgehead atoms. The molecule has 3 heteroatoms. The lowest BCUT2D eigenvalue weighted by molar-refractivity contribution is -0.0275. The Balaban J connectivity index is 1.82. The number of likely N-dealkylation sites (tertiary alicyclic amines) is 1. The van der Waals surface area contributed by atoms with Gasteiger partial charge in [0, 0.05) is 25.1 Å². The van der Waals surface area contributed by atoms with E-state index in [-0.39, 0.29) is 5.41 Å². The zero-order chi connectivity index (χ0) is 13.0. The molecule has 2 aliphatic heterocycles. The quantitative estimate of drug-likeness (QED) is 0.835. The van der Waals surface area contributed by atoms with Gasteiger partial charge in [-0.15, -0.1) is 0 Å². The van der Waals surface area contributed by atoms with Crippen molar-refractivity contribution < 1.29 is 4.74 Å². The van der Waals surface area contributed by atoms with Crippen LogP contribution in [0.2, 0.25) is 0 Å². The molecule has 0 aromatic carbocycles. The van der Waals surface area contributed by atoms with Crippen molar-refractivity contribution in [1.29, 1.82) is 0 Å². The van der Waals surface area contributed by atoms with Gasteiger partial charge in [-0.25, -0.2) is 0 Å². The second-order valence-electron chi connectivity index (χ2n) is 6.72. The number of nitrogens with zero attached hydrogens (tertiary/aromatic N) is 1. The first kappa shape index (κ1) is 14.3. The van der Waals surface area contributed by atoms with Crippen LogP contribution in [-0.2, 0) is 4.74 Å². The van der Waals surface area contributed by atoms with E-state index in [1.165, 1.54) is 38.8 Å². The van der Waals surface area contributed by atoms with Crippen LogP contribution < -0.4 is 5.73 Å². The average Bonchev–Trinajstić information content (AvgIpc) is 2.40. The molecule has 0 aromatic rings. The summed E-state index contributed by atoms with van der Waals surface area (Å²) >= 11 is 0. The number of ether oxygens (including phenoxy) is 1. The van der Waals surface area contributed by atoms with Gasteiger partial charge in [0.05, 0.1) is 6.61 Å². The third-order valence-electron chi connectivity index (χ3n) is 4.97. The molecule has 0 aliphatic carbocycles. The van der Waals surface area contributed by atoms with E-state index in [1.54, 1.807) is 0 Å². The van der Waals surface area contributed by atoms with Crippen LogP contribution in [0.25, 0.3) is 0 Å². The van der Waals surface area contributed by atoms with Crippen LogP contribution in [0.5, 0.6) is 0 Å². The molecule has 2 saturated heterocycles. The Hall–Kier alpha value is -0.120. The predicted octanol–water partition coefficient (Wildman–Crippen LogP) is 2.11. The lowest BCUT2D eigenvalue weighted by Gasteiger charge is -2.42. The second kappa shape index (κ2) is 6.36. The number of hydrogen-bond donors (Lipinski definition) is 1. The Morgan fingerprint density at radius 3 is 2.56 bits per heavy atom. The summed E-state index contributed by atoms with van der Waals surface area (Å²) in [6.07, 6.45) is 5.14. The third kappa shape index (κ3) is 3.46. The third-order valence-corrected chi connectivity index (χ3v) is 4.97. The van der Waals surface area contributed by atoms with Crippen LogP contribution in [0.15, 0.2) is 0 Å². The standard InChI is InChI=1S/C15H30N2O/c1-13(2)14-4-7-17(8-5-14)11-15(10-16)6-3-9-18-12-15/h13-14H,3-12,16H2,1-2H3. The summed E-state index contributed by atoms with van der Waals surface area (Å²) in [5.74, 6) is 1.77. The first-order valence-electron chi connectivity index (χ1n) is 7.65. The van der Waals surface area contributed by atoms with E-state index in [1.807, 2.05) is 0 Å². The molecule has 18 heavy (non-hydrogen) atoms. The van der Waals surface area contributed by atoms with Gasteiger partial charge in [-0.3, -0.25) is 0 Å². The molecule has 1 unspecified atom stereocenters. The van der Waals surface area contributed by atoms with E-state index >= 15 is 0 Å². The Morgan fingerprint density at radius 2 is 2.06 bits per heavy atom. The highest BCUT2D eigenvalue weighted by molar-refractivity contribution is 4.87. The van der Waals surface area contributed by atoms with Crippen molar-refractivity contribution in [2.45, 2.75) is 39.5 Å². The monoisotopic (exact) mass is 254 g/mol. The summed E-state index contributed by atoms with van der Waals surface area (Å²) in [6.45, 7) is 10.9. The van der Waals surface area contributed by atoms with Crippen molar-refractivity contribution in [2.24, 2.45) is 23.0 Å². The van der Waals surface area contributed by atoms with Gasteiger partial charge >= 0.3 is 0 Å². The Bertz CT molecular complexity index is 241. The first-order chi connectivity index (χ1) is 8.65. The van der Waals surface area contributed by atoms with Crippen LogP contribution in [0, 0.1) is 17.3 Å². The highest BCUT2D eigenvalue weighted by atomic mass is 16.5. The highest BCUT2D eigenvalue weighted by Gasteiger charge is 2.34. The van der Waals surface area contributed by atoms with Crippen molar-refractivity contribution in [3.8, 4) is 0 Å². The molecule has 2 heterocycles. The Kier molecular flexibility index (Phi) is 5.05. The number of hydrogen-bond acceptors (Lipinski definition) is 3. The van der Waals surface area contributed by atoms with E-state index < -0.39 is 0 Å². The van der Waals surface area contributed by atoms with Gasteiger partial charge < -0.3 is 15.4 Å². The van der Waals surface area contributed by atoms with Crippen molar-refractivity contribution in [3.05, 3.63) is 0 Å². The van der Waals surface area contributed by atoms with E-state index in [0.717, 1.165) is 38.1 Å². The minimum Gasteiger partial charge on any atom is -0.381 e. The summed E-state index contributed by atoms with van der Waals surface area (Å²) in [4.78, 5) is 2.63. The van der Waals surface area contributed by atoms with Crippen molar-refractivity contribution in [1.82, 2.24) is 4.90 Å².